The van der Waals surface area contributed by atoms with Crippen molar-refractivity contribution in [2.24, 2.45) is 10.4 Å². The normalized spacial score (nSPS) is 15.1. The maximum atomic E-state index is 12.4. The third-order valence-corrected chi connectivity index (χ3v) is 5.45. The molecule has 1 saturated carbocycles. The first-order valence-corrected chi connectivity index (χ1v) is 10.2. The molecule has 0 aliphatic heterocycles. The van der Waals surface area contributed by atoms with Crippen molar-refractivity contribution in [2.45, 2.75) is 39.0 Å². The molecule has 1 aliphatic rings. The van der Waals surface area contributed by atoms with Crippen LogP contribution in [0.1, 0.15) is 38.3 Å². The van der Waals surface area contributed by atoms with Crippen LogP contribution in [0.15, 0.2) is 29.4 Å². The lowest BCUT2D eigenvalue weighted by Crippen LogP contribution is -2.47. The maximum Gasteiger partial charge on any atom is 0.244 e. The van der Waals surface area contributed by atoms with Gasteiger partial charge in [-0.3, -0.25) is 9.78 Å². The molecule has 1 aromatic rings. The van der Waals surface area contributed by atoms with Gasteiger partial charge in [0.1, 0.15) is 6.54 Å². The number of likely N-dealkylation sites (N-methyl/N-ethyl adjacent to an activating group) is 1. The van der Waals surface area contributed by atoms with E-state index in [4.69, 9.17) is 4.74 Å². The lowest BCUT2D eigenvalue weighted by Gasteiger charge is -2.42. The number of rotatable bonds is 11. The highest BCUT2D eigenvalue weighted by Crippen LogP contribution is 2.43. The van der Waals surface area contributed by atoms with Gasteiger partial charge < -0.3 is 20.3 Å². The first-order chi connectivity index (χ1) is 13.6. The first kappa shape index (κ1) is 25.6. The maximum absolute atomic E-state index is 12.4. The van der Waals surface area contributed by atoms with Crippen LogP contribution in [0.3, 0.4) is 0 Å². The van der Waals surface area contributed by atoms with E-state index in [-0.39, 0.29) is 36.4 Å². The molecule has 0 aromatic carbocycles. The number of hydrogen-bond donors (Lipinski definition) is 2. The van der Waals surface area contributed by atoms with Gasteiger partial charge in [-0.15, -0.1) is 24.0 Å². The summed E-state index contributed by atoms with van der Waals surface area (Å²) in [6.07, 6.45) is 7.30. The van der Waals surface area contributed by atoms with Gasteiger partial charge in [-0.25, -0.2) is 4.99 Å². The third-order valence-electron chi connectivity index (χ3n) is 5.45. The Morgan fingerprint density at radius 3 is 2.72 bits per heavy atom. The Hall–Kier alpha value is -1.42. The van der Waals surface area contributed by atoms with Gasteiger partial charge >= 0.3 is 0 Å². The summed E-state index contributed by atoms with van der Waals surface area (Å²) in [6.45, 7) is 5.22. The van der Waals surface area contributed by atoms with Gasteiger partial charge in [0, 0.05) is 58.7 Å². The number of ether oxygens (including phenoxy) is 1. The van der Waals surface area contributed by atoms with Crippen LogP contribution >= 0.6 is 24.0 Å². The van der Waals surface area contributed by atoms with E-state index in [1.807, 2.05) is 32.2 Å². The highest BCUT2D eigenvalue weighted by molar-refractivity contribution is 14.0. The van der Waals surface area contributed by atoms with Crippen molar-refractivity contribution in [3.8, 4) is 0 Å². The number of carbonyl (C=O) groups is 1. The molecule has 0 unspecified atom stereocenters. The van der Waals surface area contributed by atoms with Crippen molar-refractivity contribution in [3.05, 3.63) is 30.1 Å². The second kappa shape index (κ2) is 13.7. The van der Waals surface area contributed by atoms with Gasteiger partial charge in [0.25, 0.3) is 0 Å². The summed E-state index contributed by atoms with van der Waals surface area (Å²) >= 11 is 0. The number of hydrogen-bond acceptors (Lipinski definition) is 4. The zero-order valence-electron chi connectivity index (χ0n) is 17.9. The van der Waals surface area contributed by atoms with Crippen molar-refractivity contribution < 1.29 is 9.53 Å². The van der Waals surface area contributed by atoms with Crippen LogP contribution in [0.2, 0.25) is 0 Å². The van der Waals surface area contributed by atoms with Gasteiger partial charge in [-0.05, 0) is 43.7 Å². The molecule has 0 saturated heterocycles. The van der Waals surface area contributed by atoms with Crippen molar-refractivity contribution in [2.75, 3.05) is 46.9 Å². The van der Waals surface area contributed by atoms with Crippen molar-refractivity contribution in [1.82, 2.24) is 20.5 Å². The second-order valence-electron chi connectivity index (χ2n) is 7.53. The molecule has 29 heavy (non-hydrogen) atoms. The zero-order valence-corrected chi connectivity index (χ0v) is 20.3. The SMILES string of the molecule is CCNC(=NCC(=O)N(C)CCc1ccccn1)NCC1(CCOC)CCC1.I. The Kier molecular flexibility index (Phi) is 12.1. The summed E-state index contributed by atoms with van der Waals surface area (Å²) in [7, 11) is 3.57. The minimum atomic E-state index is 0. The number of amides is 1. The fourth-order valence-electron chi connectivity index (χ4n) is 3.34. The van der Waals surface area contributed by atoms with Crippen LogP contribution in [0.25, 0.3) is 0 Å². The van der Waals surface area contributed by atoms with Gasteiger partial charge in [0.2, 0.25) is 5.91 Å². The number of aliphatic imine (C=N–C) groups is 1. The average molecular weight is 517 g/mol. The van der Waals surface area contributed by atoms with E-state index < -0.39 is 0 Å². The van der Waals surface area contributed by atoms with E-state index in [1.54, 1.807) is 18.2 Å². The van der Waals surface area contributed by atoms with Crippen molar-refractivity contribution in [1.29, 1.82) is 0 Å². The molecule has 0 atom stereocenters. The minimum absolute atomic E-state index is 0. The lowest BCUT2D eigenvalue weighted by molar-refractivity contribution is -0.128. The van der Waals surface area contributed by atoms with E-state index in [2.05, 4.69) is 20.6 Å². The van der Waals surface area contributed by atoms with Gasteiger partial charge in [-0.1, -0.05) is 12.5 Å². The monoisotopic (exact) mass is 517 g/mol. The molecule has 1 heterocycles. The van der Waals surface area contributed by atoms with Crippen LogP contribution in [0, 0.1) is 5.41 Å². The van der Waals surface area contributed by atoms with Gasteiger partial charge in [0.05, 0.1) is 0 Å². The smallest absolute Gasteiger partial charge is 0.244 e. The number of aromatic nitrogens is 1. The van der Waals surface area contributed by atoms with Crippen LogP contribution in [0.5, 0.6) is 0 Å². The largest absolute Gasteiger partial charge is 0.385 e. The highest BCUT2D eigenvalue weighted by atomic mass is 127. The Labute approximate surface area is 192 Å². The number of guanidine groups is 1. The molecule has 0 spiro atoms. The summed E-state index contributed by atoms with van der Waals surface area (Å²) < 4.78 is 5.26. The Morgan fingerprint density at radius 1 is 1.34 bits per heavy atom. The van der Waals surface area contributed by atoms with Crippen molar-refractivity contribution in [3.63, 3.8) is 0 Å². The number of halogens is 1. The standard InChI is InChI=1S/C21H35N5O2.HI/c1-4-22-20(25-17-21(10-7-11-21)12-15-28-3)24-16-19(27)26(2)14-9-18-8-5-6-13-23-18;/h5-6,8,13H,4,7,9-12,14-17H2,1-3H3,(H2,22,24,25);1H. The fraction of sp³-hybridized carbons (Fsp3) is 0.667. The molecule has 2 N–H and O–H groups in total. The first-order valence-electron chi connectivity index (χ1n) is 10.2. The average Bonchev–Trinajstić information content (AvgIpc) is 2.69. The molecule has 8 heteroatoms. The lowest BCUT2D eigenvalue weighted by atomic mass is 9.67. The summed E-state index contributed by atoms with van der Waals surface area (Å²) in [4.78, 5) is 22.9. The molecule has 0 bridgehead atoms. The predicted molar refractivity (Wildman–Crippen MR) is 128 cm³/mol. The molecule has 1 aliphatic carbocycles. The zero-order chi connectivity index (χ0) is 20.2. The summed E-state index contributed by atoms with van der Waals surface area (Å²) in [6, 6.07) is 5.83. The highest BCUT2D eigenvalue weighted by Gasteiger charge is 2.36. The molecule has 7 nitrogen and oxygen atoms in total. The number of methoxy groups -OCH3 is 1. The molecule has 1 aromatic heterocycles. The molecule has 1 fully saturated rings. The number of pyridine rings is 1. The Balaban J connectivity index is 0.00000420. The van der Waals surface area contributed by atoms with E-state index in [0.717, 1.165) is 38.2 Å². The van der Waals surface area contributed by atoms with Gasteiger partial charge in [-0.2, -0.15) is 0 Å². The third kappa shape index (κ3) is 8.86. The minimum Gasteiger partial charge on any atom is -0.385 e. The molecule has 1 amide bonds. The molecule has 2 rings (SSSR count). The van der Waals surface area contributed by atoms with Crippen LogP contribution in [-0.4, -0.2) is 68.7 Å². The Morgan fingerprint density at radius 2 is 2.14 bits per heavy atom. The predicted octanol–water partition coefficient (Wildman–Crippen LogP) is 2.46. The van der Waals surface area contributed by atoms with E-state index in [1.165, 1.54) is 19.3 Å². The van der Waals surface area contributed by atoms with Crippen LogP contribution in [-0.2, 0) is 16.0 Å². The van der Waals surface area contributed by atoms with Crippen molar-refractivity contribution >= 4 is 35.8 Å². The van der Waals surface area contributed by atoms with Crippen LogP contribution < -0.4 is 10.6 Å². The summed E-state index contributed by atoms with van der Waals surface area (Å²) in [5.74, 6) is 0.712. The van der Waals surface area contributed by atoms with Gasteiger partial charge in [0.15, 0.2) is 5.96 Å². The van der Waals surface area contributed by atoms with E-state index in [0.29, 0.717) is 17.9 Å². The molecule has 164 valence electrons. The summed E-state index contributed by atoms with van der Waals surface area (Å²) in [5, 5.41) is 6.67. The van der Waals surface area contributed by atoms with E-state index in [9.17, 15) is 4.79 Å². The number of carbonyl (C=O) groups excluding carboxylic acids is 1. The number of nitrogens with zero attached hydrogens (tertiary/aromatic N) is 3. The quantitative estimate of drug-likeness (QED) is 0.268. The molecule has 0 radical (unpaired) electrons. The topological polar surface area (TPSA) is 78.9 Å². The summed E-state index contributed by atoms with van der Waals surface area (Å²) in [5.41, 5.74) is 1.29. The fourth-order valence-corrected chi connectivity index (χ4v) is 3.34. The Bertz CT molecular complexity index is 623. The molecular weight excluding hydrogens is 481 g/mol. The van der Waals surface area contributed by atoms with Crippen LogP contribution in [0.4, 0.5) is 0 Å². The number of nitrogens with one attached hydrogen (secondary N) is 2. The van der Waals surface area contributed by atoms with E-state index >= 15 is 0 Å². The second-order valence-corrected chi connectivity index (χ2v) is 7.53. The molecular formula is C21H36IN5O2.